The predicted molar refractivity (Wildman–Crippen MR) is 94.3 cm³/mol. The highest BCUT2D eigenvalue weighted by Gasteiger charge is 2.29. The third kappa shape index (κ3) is 4.20. The van der Waals surface area contributed by atoms with E-state index in [0.717, 1.165) is 37.2 Å². The molecule has 2 atom stereocenters. The second-order valence-corrected chi connectivity index (χ2v) is 6.41. The number of nitrogens with zero attached hydrogens (tertiary/aromatic N) is 2. The summed E-state index contributed by atoms with van der Waals surface area (Å²) in [4.78, 5) is 19.1. The van der Waals surface area contributed by atoms with Gasteiger partial charge in [-0.25, -0.2) is 0 Å². The molecule has 126 valence electrons. The fourth-order valence-electron chi connectivity index (χ4n) is 3.20. The first-order valence-corrected chi connectivity index (χ1v) is 8.60. The molecular formula is C20H24N2O2. The van der Waals surface area contributed by atoms with Gasteiger partial charge in [-0.05, 0) is 50.6 Å². The Kier molecular flexibility index (Phi) is 5.59. The summed E-state index contributed by atoms with van der Waals surface area (Å²) in [6.45, 7) is 4.63. The molecule has 1 aliphatic heterocycles. The van der Waals surface area contributed by atoms with Crippen molar-refractivity contribution in [1.82, 2.24) is 9.88 Å². The Morgan fingerprint density at radius 2 is 2.12 bits per heavy atom. The van der Waals surface area contributed by atoms with Gasteiger partial charge in [0.15, 0.2) is 5.78 Å². The number of rotatable bonds is 6. The summed E-state index contributed by atoms with van der Waals surface area (Å²) in [5.41, 5.74) is 0.720. The first kappa shape index (κ1) is 16.7. The lowest BCUT2D eigenvalue weighted by Crippen LogP contribution is -2.45. The highest BCUT2D eigenvalue weighted by atomic mass is 16.5. The van der Waals surface area contributed by atoms with Gasteiger partial charge in [-0.1, -0.05) is 18.2 Å². The molecule has 4 nitrogen and oxygen atoms in total. The van der Waals surface area contributed by atoms with E-state index in [-0.39, 0.29) is 17.7 Å². The van der Waals surface area contributed by atoms with Crippen molar-refractivity contribution in [1.29, 1.82) is 0 Å². The fourth-order valence-corrected chi connectivity index (χ4v) is 3.20. The van der Waals surface area contributed by atoms with E-state index >= 15 is 0 Å². The number of carbonyl (C=O) groups is 1. The number of ketones is 1. The Bertz CT molecular complexity index is 645. The average molecular weight is 324 g/mol. The average Bonchev–Trinajstić information content (AvgIpc) is 2.67. The molecule has 1 saturated heterocycles. The van der Waals surface area contributed by atoms with Crippen molar-refractivity contribution in [2.45, 2.75) is 25.8 Å². The Hall–Kier alpha value is -2.20. The molecule has 0 spiro atoms. The highest BCUT2D eigenvalue weighted by Crippen LogP contribution is 2.22. The lowest BCUT2D eigenvalue weighted by molar-refractivity contribution is 0.0699. The van der Waals surface area contributed by atoms with Crippen LogP contribution >= 0.6 is 0 Å². The van der Waals surface area contributed by atoms with Crippen LogP contribution in [0.3, 0.4) is 0 Å². The molecule has 1 fully saturated rings. The van der Waals surface area contributed by atoms with Crippen LogP contribution in [0.5, 0.6) is 5.75 Å². The zero-order valence-corrected chi connectivity index (χ0v) is 14.1. The largest absolute Gasteiger partial charge is 0.492 e. The Labute approximate surface area is 143 Å². The molecule has 0 bridgehead atoms. The molecule has 2 aromatic rings. The van der Waals surface area contributed by atoms with Crippen molar-refractivity contribution in [3.05, 3.63) is 60.4 Å². The third-order valence-corrected chi connectivity index (χ3v) is 4.63. The van der Waals surface area contributed by atoms with Crippen molar-refractivity contribution >= 4 is 5.78 Å². The zero-order chi connectivity index (χ0) is 16.8. The van der Waals surface area contributed by atoms with Gasteiger partial charge >= 0.3 is 0 Å². The van der Waals surface area contributed by atoms with Gasteiger partial charge in [0.05, 0.1) is 0 Å². The normalized spacial score (nSPS) is 19.6. The maximum absolute atomic E-state index is 12.6. The van der Waals surface area contributed by atoms with Crippen LogP contribution in [0.4, 0.5) is 0 Å². The maximum Gasteiger partial charge on any atom is 0.168 e. The molecule has 0 radical (unpaired) electrons. The van der Waals surface area contributed by atoms with E-state index in [4.69, 9.17) is 4.74 Å². The van der Waals surface area contributed by atoms with Crippen LogP contribution < -0.4 is 4.74 Å². The first-order valence-electron chi connectivity index (χ1n) is 8.60. The Balaban J connectivity index is 1.56. The van der Waals surface area contributed by atoms with Crippen molar-refractivity contribution in [2.24, 2.45) is 5.92 Å². The van der Waals surface area contributed by atoms with Crippen LogP contribution in [0.25, 0.3) is 0 Å². The molecule has 1 aromatic carbocycles. The van der Waals surface area contributed by atoms with Crippen LogP contribution in [0.1, 0.15) is 30.1 Å². The number of hydrogen-bond acceptors (Lipinski definition) is 4. The van der Waals surface area contributed by atoms with Gasteiger partial charge in [-0.15, -0.1) is 0 Å². The summed E-state index contributed by atoms with van der Waals surface area (Å²) in [5, 5.41) is 0. The van der Waals surface area contributed by atoms with E-state index in [1.807, 2.05) is 42.5 Å². The molecule has 0 amide bonds. The molecule has 4 heteroatoms. The lowest BCUT2D eigenvalue weighted by atomic mass is 9.90. The summed E-state index contributed by atoms with van der Waals surface area (Å²) in [6, 6.07) is 13.8. The van der Waals surface area contributed by atoms with E-state index in [9.17, 15) is 4.79 Å². The minimum Gasteiger partial charge on any atom is -0.492 e. The number of hydrogen-bond donors (Lipinski definition) is 0. The van der Waals surface area contributed by atoms with Gasteiger partial charge in [-0.2, -0.15) is 0 Å². The van der Waals surface area contributed by atoms with Crippen molar-refractivity contribution < 1.29 is 9.53 Å². The fraction of sp³-hybridized carbons (Fsp3) is 0.400. The SMILES string of the molecule is CC(COc1ccccc1)N1CCCC(C(=O)c2cccnc2)C1. The second-order valence-electron chi connectivity index (χ2n) is 6.41. The van der Waals surface area contributed by atoms with Gasteiger partial charge < -0.3 is 4.74 Å². The molecule has 0 N–H and O–H groups in total. The smallest absolute Gasteiger partial charge is 0.168 e. The second kappa shape index (κ2) is 8.06. The zero-order valence-electron chi connectivity index (χ0n) is 14.1. The Morgan fingerprint density at radius 1 is 1.29 bits per heavy atom. The van der Waals surface area contributed by atoms with E-state index in [1.165, 1.54) is 0 Å². The monoisotopic (exact) mass is 324 g/mol. The summed E-state index contributed by atoms with van der Waals surface area (Å²) in [5.74, 6) is 1.16. The lowest BCUT2D eigenvalue weighted by Gasteiger charge is -2.36. The van der Waals surface area contributed by atoms with Crippen LogP contribution in [0, 0.1) is 5.92 Å². The molecule has 24 heavy (non-hydrogen) atoms. The molecule has 1 aliphatic rings. The summed E-state index contributed by atoms with van der Waals surface area (Å²) >= 11 is 0. The number of benzene rings is 1. The molecule has 0 aliphatic carbocycles. The van der Waals surface area contributed by atoms with Crippen LogP contribution in [0.2, 0.25) is 0 Å². The molecule has 0 saturated carbocycles. The standard InChI is InChI=1S/C20H24N2O2/c1-16(15-24-19-9-3-2-4-10-19)22-12-6-8-18(14-22)20(23)17-7-5-11-21-13-17/h2-5,7,9-11,13,16,18H,6,8,12,14-15H2,1H3. The van der Waals surface area contributed by atoms with E-state index in [1.54, 1.807) is 12.4 Å². The van der Waals surface area contributed by atoms with Crippen molar-refractivity contribution in [3.63, 3.8) is 0 Å². The summed E-state index contributed by atoms with van der Waals surface area (Å²) < 4.78 is 5.86. The minimum absolute atomic E-state index is 0.0575. The van der Waals surface area contributed by atoms with E-state index in [2.05, 4.69) is 16.8 Å². The van der Waals surface area contributed by atoms with Gasteiger partial charge in [0, 0.05) is 36.5 Å². The first-order chi connectivity index (χ1) is 11.7. The number of piperidine rings is 1. The summed E-state index contributed by atoms with van der Waals surface area (Å²) in [7, 11) is 0. The van der Waals surface area contributed by atoms with Gasteiger partial charge in [0.1, 0.15) is 12.4 Å². The number of aromatic nitrogens is 1. The van der Waals surface area contributed by atoms with Crippen LogP contribution in [-0.4, -0.2) is 41.4 Å². The maximum atomic E-state index is 12.6. The predicted octanol–water partition coefficient (Wildman–Crippen LogP) is 3.44. The van der Waals surface area contributed by atoms with E-state index in [0.29, 0.717) is 6.61 Å². The molecule has 2 heterocycles. The van der Waals surface area contributed by atoms with Crippen molar-refractivity contribution in [2.75, 3.05) is 19.7 Å². The van der Waals surface area contributed by atoms with Gasteiger partial charge in [-0.3, -0.25) is 14.7 Å². The van der Waals surface area contributed by atoms with Crippen LogP contribution in [0.15, 0.2) is 54.9 Å². The molecule has 1 aromatic heterocycles. The topological polar surface area (TPSA) is 42.4 Å². The van der Waals surface area contributed by atoms with Crippen molar-refractivity contribution in [3.8, 4) is 5.75 Å². The minimum atomic E-state index is 0.0575. The summed E-state index contributed by atoms with van der Waals surface area (Å²) in [6.07, 6.45) is 5.37. The number of para-hydroxylation sites is 1. The number of Topliss-reactive ketones (excluding diaryl/α,β-unsaturated/α-hetero) is 1. The quantitative estimate of drug-likeness (QED) is 0.763. The van der Waals surface area contributed by atoms with E-state index < -0.39 is 0 Å². The molecule has 2 unspecified atom stereocenters. The van der Waals surface area contributed by atoms with Gasteiger partial charge in [0.2, 0.25) is 0 Å². The number of ether oxygens (including phenoxy) is 1. The molecular weight excluding hydrogens is 300 g/mol. The van der Waals surface area contributed by atoms with Crippen LogP contribution in [-0.2, 0) is 0 Å². The Morgan fingerprint density at radius 3 is 2.88 bits per heavy atom. The number of likely N-dealkylation sites (tertiary alicyclic amines) is 1. The number of carbonyl (C=O) groups excluding carboxylic acids is 1. The number of pyridine rings is 1. The third-order valence-electron chi connectivity index (χ3n) is 4.63. The van der Waals surface area contributed by atoms with Gasteiger partial charge in [0.25, 0.3) is 0 Å². The molecule has 3 rings (SSSR count). The highest BCUT2D eigenvalue weighted by molar-refractivity contribution is 5.97.